The lowest BCUT2D eigenvalue weighted by Gasteiger charge is -2.19. The zero-order chi connectivity index (χ0) is 12.8. The highest BCUT2D eigenvalue weighted by molar-refractivity contribution is 5.83. The number of nitrogens with zero attached hydrogens (tertiary/aromatic N) is 1. The lowest BCUT2D eigenvalue weighted by atomic mass is 9.85. The molecule has 0 fully saturated rings. The van der Waals surface area contributed by atoms with E-state index >= 15 is 0 Å². The molecule has 0 bridgehead atoms. The quantitative estimate of drug-likeness (QED) is 0.856. The first kappa shape index (κ1) is 11.4. The molecule has 2 rings (SSSR count). The Morgan fingerprint density at radius 1 is 1.41 bits per heavy atom. The van der Waals surface area contributed by atoms with Gasteiger partial charge in [0, 0.05) is 7.05 Å². The van der Waals surface area contributed by atoms with Crippen molar-refractivity contribution in [3.05, 3.63) is 34.3 Å². The standard InChI is InChI=1S/C12H13NO4/c1-12(2,10(14)15)7-4-5-9-8(6-7)13(3)11(16)17-9/h4-6H,1-3H3,(H,14,15). The van der Waals surface area contributed by atoms with Gasteiger partial charge in [-0.1, -0.05) is 6.07 Å². The molecule has 5 heteroatoms. The first-order valence-corrected chi connectivity index (χ1v) is 5.17. The number of carboxylic acids is 1. The maximum absolute atomic E-state index is 11.3. The number of benzene rings is 1. The van der Waals surface area contributed by atoms with Crippen molar-refractivity contribution in [1.82, 2.24) is 4.57 Å². The van der Waals surface area contributed by atoms with E-state index in [1.54, 1.807) is 39.1 Å². The van der Waals surface area contributed by atoms with Crippen LogP contribution in [0.4, 0.5) is 0 Å². The van der Waals surface area contributed by atoms with Crippen molar-refractivity contribution in [2.75, 3.05) is 0 Å². The number of fused-ring (bicyclic) bond motifs is 1. The van der Waals surface area contributed by atoms with Gasteiger partial charge in [0.1, 0.15) is 0 Å². The largest absolute Gasteiger partial charge is 0.481 e. The van der Waals surface area contributed by atoms with Crippen LogP contribution in [0.1, 0.15) is 19.4 Å². The minimum absolute atomic E-state index is 0.453. The second-order valence-corrected chi connectivity index (χ2v) is 4.54. The molecule has 1 N–H and O–H groups in total. The fourth-order valence-electron chi connectivity index (χ4n) is 1.64. The lowest BCUT2D eigenvalue weighted by molar-refractivity contribution is -0.142. The molecule has 2 aromatic rings. The highest BCUT2D eigenvalue weighted by Gasteiger charge is 2.30. The van der Waals surface area contributed by atoms with Crippen LogP contribution in [0.15, 0.2) is 27.4 Å². The molecule has 90 valence electrons. The van der Waals surface area contributed by atoms with Crippen LogP contribution in [-0.2, 0) is 17.3 Å². The van der Waals surface area contributed by atoms with Crippen molar-refractivity contribution in [3.63, 3.8) is 0 Å². The van der Waals surface area contributed by atoms with E-state index in [-0.39, 0.29) is 0 Å². The number of aromatic nitrogens is 1. The predicted molar refractivity (Wildman–Crippen MR) is 62.1 cm³/mol. The van der Waals surface area contributed by atoms with Gasteiger partial charge in [-0.05, 0) is 31.5 Å². The average Bonchev–Trinajstić information content (AvgIpc) is 2.54. The molecule has 0 spiro atoms. The van der Waals surface area contributed by atoms with Crippen molar-refractivity contribution >= 4 is 17.1 Å². The first-order chi connectivity index (χ1) is 7.84. The van der Waals surface area contributed by atoms with E-state index in [0.29, 0.717) is 16.7 Å². The van der Waals surface area contributed by atoms with E-state index in [1.165, 1.54) is 4.57 Å². The van der Waals surface area contributed by atoms with Gasteiger partial charge < -0.3 is 9.52 Å². The molecule has 1 aromatic heterocycles. The Morgan fingerprint density at radius 3 is 2.65 bits per heavy atom. The van der Waals surface area contributed by atoms with Gasteiger partial charge >= 0.3 is 11.7 Å². The number of hydrogen-bond acceptors (Lipinski definition) is 3. The van der Waals surface area contributed by atoms with Crippen molar-refractivity contribution in [2.45, 2.75) is 19.3 Å². The summed E-state index contributed by atoms with van der Waals surface area (Å²) < 4.78 is 6.34. The highest BCUT2D eigenvalue weighted by atomic mass is 16.4. The normalized spacial score (nSPS) is 11.9. The smallest absolute Gasteiger partial charge is 0.419 e. The summed E-state index contributed by atoms with van der Waals surface area (Å²) in [7, 11) is 1.59. The van der Waals surface area contributed by atoms with Gasteiger partial charge in [-0.15, -0.1) is 0 Å². The Balaban J connectivity index is 2.70. The van der Waals surface area contributed by atoms with E-state index in [9.17, 15) is 9.59 Å². The van der Waals surface area contributed by atoms with Gasteiger partial charge in [-0.3, -0.25) is 9.36 Å². The third-order valence-corrected chi connectivity index (χ3v) is 3.05. The monoisotopic (exact) mass is 235 g/mol. The molecular formula is C12H13NO4. The predicted octanol–water partition coefficient (Wildman–Crippen LogP) is 1.49. The molecule has 17 heavy (non-hydrogen) atoms. The van der Waals surface area contributed by atoms with Crippen molar-refractivity contribution in [1.29, 1.82) is 0 Å². The summed E-state index contributed by atoms with van der Waals surface area (Å²) in [6.45, 7) is 3.24. The second kappa shape index (κ2) is 3.48. The van der Waals surface area contributed by atoms with Gasteiger partial charge in [0.2, 0.25) is 0 Å². The average molecular weight is 235 g/mol. The molecule has 0 atom stereocenters. The van der Waals surface area contributed by atoms with Crippen LogP contribution in [0.2, 0.25) is 0 Å². The highest BCUT2D eigenvalue weighted by Crippen LogP contribution is 2.26. The number of oxazole rings is 1. The summed E-state index contributed by atoms with van der Waals surface area (Å²) in [6.07, 6.45) is 0. The zero-order valence-electron chi connectivity index (χ0n) is 9.85. The van der Waals surface area contributed by atoms with Crippen LogP contribution >= 0.6 is 0 Å². The molecule has 0 aliphatic carbocycles. The maximum Gasteiger partial charge on any atom is 0.419 e. The number of rotatable bonds is 2. The first-order valence-electron chi connectivity index (χ1n) is 5.17. The molecule has 0 saturated carbocycles. The van der Waals surface area contributed by atoms with Crippen molar-refractivity contribution in [3.8, 4) is 0 Å². The number of carbonyl (C=O) groups is 1. The fraction of sp³-hybridized carbons (Fsp3) is 0.333. The summed E-state index contributed by atoms with van der Waals surface area (Å²) in [4.78, 5) is 22.5. The molecule has 1 heterocycles. The van der Waals surface area contributed by atoms with Gasteiger partial charge in [-0.2, -0.15) is 0 Å². The Morgan fingerprint density at radius 2 is 2.06 bits per heavy atom. The van der Waals surface area contributed by atoms with Gasteiger partial charge in [0.05, 0.1) is 10.9 Å². The van der Waals surface area contributed by atoms with Crippen LogP contribution in [0.25, 0.3) is 11.1 Å². The number of carboxylic acid groups (broad SMARTS) is 1. The summed E-state index contributed by atoms with van der Waals surface area (Å²) in [5.74, 6) is -1.37. The Bertz CT molecular complexity index is 648. The summed E-state index contributed by atoms with van der Waals surface area (Å²) in [6, 6.07) is 4.96. The Kier molecular flexibility index (Phi) is 2.34. The number of aryl methyl sites for hydroxylation is 1. The van der Waals surface area contributed by atoms with Gasteiger partial charge in [0.25, 0.3) is 0 Å². The van der Waals surface area contributed by atoms with E-state index in [0.717, 1.165) is 0 Å². The summed E-state index contributed by atoms with van der Waals surface area (Å²) in [5.41, 5.74) is 0.694. The van der Waals surface area contributed by atoms with E-state index in [1.807, 2.05) is 0 Å². The maximum atomic E-state index is 11.3. The zero-order valence-corrected chi connectivity index (χ0v) is 9.85. The van der Waals surface area contributed by atoms with Crippen LogP contribution in [0, 0.1) is 0 Å². The molecule has 5 nitrogen and oxygen atoms in total. The molecule has 0 radical (unpaired) electrons. The summed E-state index contributed by atoms with van der Waals surface area (Å²) in [5, 5.41) is 9.15. The molecule has 0 aliphatic heterocycles. The molecule has 0 saturated heterocycles. The van der Waals surface area contributed by atoms with Crippen LogP contribution in [0.5, 0.6) is 0 Å². The SMILES string of the molecule is Cn1c(=O)oc2ccc(C(C)(C)C(=O)O)cc21. The Hall–Kier alpha value is -2.04. The van der Waals surface area contributed by atoms with Crippen molar-refractivity contribution < 1.29 is 14.3 Å². The lowest BCUT2D eigenvalue weighted by Crippen LogP contribution is -2.28. The minimum atomic E-state index is -0.999. The second-order valence-electron chi connectivity index (χ2n) is 4.54. The minimum Gasteiger partial charge on any atom is -0.481 e. The van der Waals surface area contributed by atoms with Crippen LogP contribution in [-0.4, -0.2) is 15.6 Å². The molecule has 0 amide bonds. The molecule has 1 aromatic carbocycles. The Labute approximate surface area is 97.3 Å². The van der Waals surface area contributed by atoms with Crippen molar-refractivity contribution in [2.24, 2.45) is 7.05 Å². The van der Waals surface area contributed by atoms with E-state index in [2.05, 4.69) is 0 Å². The fourth-order valence-corrected chi connectivity index (χ4v) is 1.64. The molecule has 0 aliphatic rings. The van der Waals surface area contributed by atoms with E-state index in [4.69, 9.17) is 9.52 Å². The van der Waals surface area contributed by atoms with Gasteiger partial charge in [-0.25, -0.2) is 4.79 Å². The molecule has 0 unspecified atom stereocenters. The number of aliphatic carboxylic acids is 1. The third kappa shape index (κ3) is 1.63. The topological polar surface area (TPSA) is 72.4 Å². The molecular weight excluding hydrogens is 222 g/mol. The number of hydrogen-bond donors (Lipinski definition) is 1. The third-order valence-electron chi connectivity index (χ3n) is 3.05. The van der Waals surface area contributed by atoms with Gasteiger partial charge in [0.15, 0.2) is 5.58 Å². The summed E-state index contributed by atoms with van der Waals surface area (Å²) >= 11 is 0. The van der Waals surface area contributed by atoms with E-state index < -0.39 is 17.1 Å². The van der Waals surface area contributed by atoms with Crippen LogP contribution < -0.4 is 5.76 Å². The van der Waals surface area contributed by atoms with Crippen LogP contribution in [0.3, 0.4) is 0 Å².